The molecule has 0 saturated carbocycles. The highest BCUT2D eigenvalue weighted by molar-refractivity contribution is 5.32. The number of aliphatic hydroxyl groups excluding tert-OH is 1. The van der Waals surface area contributed by atoms with E-state index in [9.17, 15) is 5.11 Å². The lowest BCUT2D eigenvalue weighted by atomic mass is 10.0. The quantitative estimate of drug-likeness (QED) is 0.596. The Morgan fingerprint density at radius 3 is 2.71 bits per heavy atom. The molecule has 1 heterocycles. The molecule has 0 spiro atoms. The van der Waals surface area contributed by atoms with Crippen molar-refractivity contribution >= 4 is 6.47 Å². The van der Waals surface area contributed by atoms with Gasteiger partial charge >= 0.3 is 0 Å². The molecule has 0 aromatic carbocycles. The minimum atomic E-state index is -0.250. The SMILES string of the molecule is CCCC(O)CC1CCCN1.O=CO. The van der Waals surface area contributed by atoms with E-state index in [-0.39, 0.29) is 12.6 Å². The van der Waals surface area contributed by atoms with Crippen molar-refractivity contribution in [2.75, 3.05) is 6.54 Å². The lowest BCUT2D eigenvalue weighted by Gasteiger charge is -2.14. The van der Waals surface area contributed by atoms with Gasteiger partial charge in [0.05, 0.1) is 6.10 Å². The van der Waals surface area contributed by atoms with Gasteiger partial charge in [0.1, 0.15) is 0 Å². The second kappa shape index (κ2) is 8.97. The number of carboxylic acid groups (broad SMARTS) is 1. The van der Waals surface area contributed by atoms with Gasteiger partial charge in [0, 0.05) is 6.04 Å². The number of hydrogen-bond donors (Lipinski definition) is 3. The van der Waals surface area contributed by atoms with E-state index in [0.29, 0.717) is 6.04 Å². The standard InChI is InChI=1S/C9H19NO.CH2O2/c1-2-4-9(11)7-8-5-3-6-10-8;2-1-3/h8-11H,2-7H2,1H3;1H,(H,2,3). The summed E-state index contributed by atoms with van der Waals surface area (Å²) in [5, 5.41) is 19.7. The first-order valence-electron chi connectivity index (χ1n) is 5.23. The summed E-state index contributed by atoms with van der Waals surface area (Å²) in [6, 6.07) is 0.594. The van der Waals surface area contributed by atoms with Crippen LogP contribution in [-0.2, 0) is 4.79 Å². The van der Waals surface area contributed by atoms with Gasteiger partial charge in [-0.05, 0) is 32.2 Å². The van der Waals surface area contributed by atoms with E-state index in [2.05, 4.69) is 12.2 Å². The molecule has 1 fully saturated rings. The van der Waals surface area contributed by atoms with E-state index in [0.717, 1.165) is 25.8 Å². The Morgan fingerprint density at radius 1 is 1.64 bits per heavy atom. The average Bonchev–Trinajstić information content (AvgIpc) is 2.58. The fourth-order valence-corrected chi connectivity index (χ4v) is 1.74. The smallest absolute Gasteiger partial charge is 0.290 e. The van der Waals surface area contributed by atoms with E-state index in [1.807, 2.05) is 0 Å². The van der Waals surface area contributed by atoms with E-state index in [4.69, 9.17) is 9.90 Å². The van der Waals surface area contributed by atoms with Crippen molar-refractivity contribution in [3.8, 4) is 0 Å². The van der Waals surface area contributed by atoms with Gasteiger partial charge in [-0.15, -0.1) is 0 Å². The largest absolute Gasteiger partial charge is 0.483 e. The van der Waals surface area contributed by atoms with Crippen molar-refractivity contribution in [2.45, 2.75) is 51.2 Å². The molecule has 3 N–H and O–H groups in total. The number of hydrogen-bond acceptors (Lipinski definition) is 3. The van der Waals surface area contributed by atoms with Crippen LogP contribution in [0.15, 0.2) is 0 Å². The van der Waals surface area contributed by atoms with Gasteiger partial charge < -0.3 is 15.5 Å². The van der Waals surface area contributed by atoms with Crippen LogP contribution in [0.2, 0.25) is 0 Å². The van der Waals surface area contributed by atoms with Crippen molar-refractivity contribution < 1.29 is 15.0 Å². The summed E-state index contributed by atoms with van der Waals surface area (Å²) in [5.41, 5.74) is 0. The monoisotopic (exact) mass is 203 g/mol. The fraction of sp³-hybridized carbons (Fsp3) is 0.900. The van der Waals surface area contributed by atoms with Crippen LogP contribution in [0.1, 0.15) is 39.0 Å². The molecule has 1 rings (SSSR count). The Labute approximate surface area is 85.3 Å². The maximum Gasteiger partial charge on any atom is 0.290 e. The van der Waals surface area contributed by atoms with Crippen molar-refractivity contribution in [3.63, 3.8) is 0 Å². The van der Waals surface area contributed by atoms with Gasteiger partial charge in [0.2, 0.25) is 0 Å². The highest BCUT2D eigenvalue weighted by Crippen LogP contribution is 2.13. The molecule has 0 radical (unpaired) electrons. The first-order chi connectivity index (χ1) is 6.74. The van der Waals surface area contributed by atoms with Gasteiger partial charge in [-0.25, -0.2) is 0 Å². The second-order valence-corrected chi connectivity index (χ2v) is 3.58. The maximum absolute atomic E-state index is 9.47. The van der Waals surface area contributed by atoms with Crippen LogP contribution in [0, 0.1) is 0 Å². The van der Waals surface area contributed by atoms with Crippen LogP contribution < -0.4 is 5.32 Å². The molecule has 0 aromatic rings. The summed E-state index contributed by atoms with van der Waals surface area (Å²) >= 11 is 0. The number of carbonyl (C=O) groups is 1. The highest BCUT2D eigenvalue weighted by Gasteiger charge is 2.16. The molecule has 2 unspecified atom stereocenters. The summed E-state index contributed by atoms with van der Waals surface area (Å²) in [4.78, 5) is 8.36. The van der Waals surface area contributed by atoms with Gasteiger partial charge in [-0.1, -0.05) is 13.3 Å². The average molecular weight is 203 g/mol. The summed E-state index contributed by atoms with van der Waals surface area (Å²) in [6.45, 7) is 3.01. The van der Waals surface area contributed by atoms with E-state index < -0.39 is 0 Å². The normalized spacial score (nSPS) is 22.3. The van der Waals surface area contributed by atoms with Crippen LogP contribution in [0.4, 0.5) is 0 Å². The molecule has 0 amide bonds. The highest BCUT2D eigenvalue weighted by atomic mass is 16.3. The summed E-state index contributed by atoms with van der Waals surface area (Å²) in [6.07, 6.45) is 5.46. The minimum Gasteiger partial charge on any atom is -0.483 e. The zero-order valence-electron chi connectivity index (χ0n) is 8.78. The third-order valence-corrected chi connectivity index (χ3v) is 2.34. The van der Waals surface area contributed by atoms with Gasteiger partial charge in [-0.3, -0.25) is 4.79 Å². The van der Waals surface area contributed by atoms with Crippen LogP contribution in [0.5, 0.6) is 0 Å². The molecular weight excluding hydrogens is 182 g/mol. The zero-order valence-corrected chi connectivity index (χ0v) is 8.78. The first-order valence-corrected chi connectivity index (χ1v) is 5.23. The molecule has 4 nitrogen and oxygen atoms in total. The van der Waals surface area contributed by atoms with Gasteiger partial charge in [0.25, 0.3) is 6.47 Å². The molecule has 0 aliphatic carbocycles. The van der Waals surface area contributed by atoms with E-state index in [1.165, 1.54) is 12.8 Å². The number of aliphatic hydroxyl groups is 1. The molecule has 1 aliphatic heterocycles. The molecule has 1 saturated heterocycles. The summed E-state index contributed by atoms with van der Waals surface area (Å²) in [7, 11) is 0. The van der Waals surface area contributed by atoms with Crippen molar-refractivity contribution in [3.05, 3.63) is 0 Å². The summed E-state index contributed by atoms with van der Waals surface area (Å²) in [5.74, 6) is 0. The van der Waals surface area contributed by atoms with E-state index in [1.54, 1.807) is 0 Å². The Morgan fingerprint density at radius 2 is 2.29 bits per heavy atom. The fourth-order valence-electron chi connectivity index (χ4n) is 1.74. The zero-order chi connectivity index (χ0) is 10.8. The molecule has 1 aliphatic rings. The van der Waals surface area contributed by atoms with Crippen LogP contribution >= 0.6 is 0 Å². The topological polar surface area (TPSA) is 69.6 Å². The minimum absolute atomic E-state index is 0.0735. The molecule has 4 heteroatoms. The van der Waals surface area contributed by atoms with Crippen LogP contribution in [-0.4, -0.2) is 35.4 Å². The molecule has 0 bridgehead atoms. The van der Waals surface area contributed by atoms with Crippen molar-refractivity contribution in [1.29, 1.82) is 0 Å². The Hall–Kier alpha value is -0.610. The maximum atomic E-state index is 9.47. The molecular formula is C10H21NO3. The number of rotatable bonds is 4. The Kier molecular flexibility index (Phi) is 8.57. The molecule has 84 valence electrons. The lowest BCUT2D eigenvalue weighted by Crippen LogP contribution is -2.26. The molecule has 0 aromatic heterocycles. The Balaban J connectivity index is 0.000000500. The van der Waals surface area contributed by atoms with Gasteiger partial charge in [0.15, 0.2) is 0 Å². The lowest BCUT2D eigenvalue weighted by molar-refractivity contribution is -0.122. The Bertz CT molecular complexity index is 135. The third-order valence-electron chi connectivity index (χ3n) is 2.34. The summed E-state index contributed by atoms with van der Waals surface area (Å²) < 4.78 is 0. The molecule has 14 heavy (non-hydrogen) atoms. The second-order valence-electron chi connectivity index (χ2n) is 3.58. The molecule has 2 atom stereocenters. The first kappa shape index (κ1) is 13.4. The van der Waals surface area contributed by atoms with Crippen molar-refractivity contribution in [2.24, 2.45) is 0 Å². The number of nitrogens with one attached hydrogen (secondary N) is 1. The van der Waals surface area contributed by atoms with Gasteiger partial charge in [-0.2, -0.15) is 0 Å². The van der Waals surface area contributed by atoms with Crippen molar-refractivity contribution in [1.82, 2.24) is 5.32 Å². The van der Waals surface area contributed by atoms with Crippen LogP contribution in [0.25, 0.3) is 0 Å². The van der Waals surface area contributed by atoms with E-state index >= 15 is 0 Å². The predicted octanol–water partition coefficient (Wildman–Crippen LogP) is 0.990. The predicted molar refractivity (Wildman–Crippen MR) is 55.2 cm³/mol. The third kappa shape index (κ3) is 6.86. The van der Waals surface area contributed by atoms with Crippen LogP contribution in [0.3, 0.4) is 0 Å².